The van der Waals surface area contributed by atoms with E-state index in [1.54, 1.807) is 20.4 Å². The number of nitrogens with one attached hydrogen (secondary N) is 3. The standard InChI is InChI=1S/C37H40Cl2N6O3/c1-22(47-3)17-40-19-25-21-45(2)32-16-23(8-11-27(25)32)36-35(39)29(14-15-42-36)28-6-5-7-30(34(28)38)31-12-9-24(37(44-31)48-4)18-41-20-26-10-13-33(46)43-26/h5-9,11-12,14-16,21-22,26,40-41H,10,13,17-20H2,1-4H3,(H,43,46)/t22-,26+/m1/s1. The molecule has 1 fully saturated rings. The molecule has 0 unspecified atom stereocenters. The average molecular weight is 688 g/mol. The SMILES string of the molecule is COc1nc(-c2cccc(-c3ccnc(-c4ccc5c(CNC[C@@H](C)OC)cn(C)c5c4)c3Cl)c2Cl)ccc1CNC[C@@H]1CCC(=O)N1. The summed E-state index contributed by atoms with van der Waals surface area (Å²) in [5.41, 5.74) is 7.84. The van der Waals surface area contributed by atoms with Gasteiger partial charge in [0.1, 0.15) is 0 Å². The second-order valence-electron chi connectivity index (χ2n) is 12.2. The molecule has 6 rings (SSSR count). The molecule has 0 spiro atoms. The summed E-state index contributed by atoms with van der Waals surface area (Å²) < 4.78 is 13.1. The number of carbonyl (C=O) groups is 1. The van der Waals surface area contributed by atoms with Crippen molar-refractivity contribution in [3.05, 3.63) is 88.2 Å². The van der Waals surface area contributed by atoms with Crippen molar-refractivity contribution in [2.45, 2.75) is 45.0 Å². The van der Waals surface area contributed by atoms with Gasteiger partial charge in [-0.25, -0.2) is 4.98 Å². The summed E-state index contributed by atoms with van der Waals surface area (Å²) in [6, 6.07) is 18.1. The molecule has 0 radical (unpaired) electrons. The van der Waals surface area contributed by atoms with Crippen LogP contribution in [0.3, 0.4) is 0 Å². The normalized spacial score (nSPS) is 15.2. The number of amides is 1. The number of aryl methyl sites for hydroxylation is 1. The second-order valence-corrected chi connectivity index (χ2v) is 12.9. The smallest absolute Gasteiger partial charge is 0.220 e. The lowest BCUT2D eigenvalue weighted by Crippen LogP contribution is -2.35. The third-order valence-corrected chi connectivity index (χ3v) is 9.66. The molecule has 1 aliphatic heterocycles. The fraction of sp³-hybridized carbons (Fsp3) is 0.324. The number of fused-ring (bicyclic) bond motifs is 1. The molecule has 11 heteroatoms. The van der Waals surface area contributed by atoms with Crippen LogP contribution in [-0.4, -0.2) is 59.9 Å². The Morgan fingerprint density at radius 3 is 2.56 bits per heavy atom. The molecule has 1 aliphatic rings. The van der Waals surface area contributed by atoms with Gasteiger partial charge < -0.3 is 30.0 Å². The number of hydrogen-bond acceptors (Lipinski definition) is 7. The highest BCUT2D eigenvalue weighted by molar-refractivity contribution is 6.39. The monoisotopic (exact) mass is 686 g/mol. The first-order valence-corrected chi connectivity index (χ1v) is 16.8. The van der Waals surface area contributed by atoms with E-state index >= 15 is 0 Å². The molecule has 250 valence electrons. The zero-order chi connectivity index (χ0) is 33.8. The van der Waals surface area contributed by atoms with Gasteiger partial charge in [0.25, 0.3) is 0 Å². The quantitative estimate of drug-likeness (QED) is 0.126. The van der Waals surface area contributed by atoms with Crippen LogP contribution >= 0.6 is 23.2 Å². The van der Waals surface area contributed by atoms with Crippen molar-refractivity contribution in [2.75, 3.05) is 27.3 Å². The van der Waals surface area contributed by atoms with Crippen molar-refractivity contribution < 1.29 is 14.3 Å². The Labute approximate surface area is 291 Å². The van der Waals surface area contributed by atoms with Crippen LogP contribution in [0.5, 0.6) is 5.88 Å². The Morgan fingerprint density at radius 1 is 1.00 bits per heavy atom. The van der Waals surface area contributed by atoms with Crippen LogP contribution in [0.25, 0.3) is 44.5 Å². The summed E-state index contributed by atoms with van der Waals surface area (Å²) >= 11 is 14.2. The highest BCUT2D eigenvalue weighted by Crippen LogP contribution is 2.42. The first-order chi connectivity index (χ1) is 23.3. The van der Waals surface area contributed by atoms with Gasteiger partial charge in [-0.1, -0.05) is 59.6 Å². The van der Waals surface area contributed by atoms with E-state index in [9.17, 15) is 4.79 Å². The van der Waals surface area contributed by atoms with E-state index in [-0.39, 0.29) is 18.1 Å². The number of ether oxygens (including phenoxy) is 2. The minimum Gasteiger partial charge on any atom is -0.481 e. The number of aromatic nitrogens is 3. The van der Waals surface area contributed by atoms with Crippen LogP contribution in [0.2, 0.25) is 10.0 Å². The van der Waals surface area contributed by atoms with E-state index in [0.29, 0.717) is 46.8 Å². The second kappa shape index (κ2) is 15.1. The largest absolute Gasteiger partial charge is 0.481 e. The van der Waals surface area contributed by atoms with Gasteiger partial charge in [-0.15, -0.1) is 0 Å². The van der Waals surface area contributed by atoms with Crippen molar-refractivity contribution in [1.29, 1.82) is 0 Å². The Morgan fingerprint density at radius 2 is 1.79 bits per heavy atom. The fourth-order valence-electron chi connectivity index (χ4n) is 6.18. The van der Waals surface area contributed by atoms with Gasteiger partial charge in [0.05, 0.1) is 34.6 Å². The summed E-state index contributed by atoms with van der Waals surface area (Å²) in [6.45, 7) is 4.81. The van der Waals surface area contributed by atoms with Gasteiger partial charge in [-0.05, 0) is 37.1 Å². The van der Waals surface area contributed by atoms with E-state index in [4.69, 9.17) is 37.7 Å². The van der Waals surface area contributed by atoms with Crippen LogP contribution in [0, 0.1) is 0 Å². The van der Waals surface area contributed by atoms with Gasteiger partial charge in [0, 0.05) is 104 Å². The lowest BCUT2D eigenvalue weighted by molar-refractivity contribution is -0.119. The fourth-order valence-corrected chi connectivity index (χ4v) is 6.83. The molecule has 5 aromatic rings. The molecule has 9 nitrogen and oxygen atoms in total. The third kappa shape index (κ3) is 7.21. The van der Waals surface area contributed by atoms with Gasteiger partial charge in [-0.2, -0.15) is 0 Å². The van der Waals surface area contributed by atoms with Crippen LogP contribution in [-0.2, 0) is 29.7 Å². The number of halogens is 2. The number of hydrogen-bond donors (Lipinski definition) is 3. The van der Waals surface area contributed by atoms with E-state index in [0.717, 1.165) is 52.8 Å². The molecule has 3 N–H and O–H groups in total. The molecule has 1 saturated heterocycles. The number of pyridine rings is 2. The molecule has 0 aliphatic carbocycles. The Balaban J connectivity index is 1.25. The summed E-state index contributed by atoms with van der Waals surface area (Å²) in [5.74, 6) is 0.620. The molecule has 3 aromatic heterocycles. The molecular weight excluding hydrogens is 647 g/mol. The average Bonchev–Trinajstić information content (AvgIpc) is 3.66. The van der Waals surface area contributed by atoms with Gasteiger partial charge in [0.2, 0.25) is 11.8 Å². The zero-order valence-electron chi connectivity index (χ0n) is 27.6. The molecule has 48 heavy (non-hydrogen) atoms. The van der Waals surface area contributed by atoms with E-state index in [2.05, 4.69) is 49.9 Å². The molecule has 0 saturated carbocycles. The number of nitrogens with zero attached hydrogens (tertiary/aromatic N) is 3. The lowest BCUT2D eigenvalue weighted by Gasteiger charge is -2.15. The third-order valence-electron chi connectivity index (χ3n) is 8.87. The minimum absolute atomic E-state index is 0.105. The maximum absolute atomic E-state index is 11.5. The van der Waals surface area contributed by atoms with Gasteiger partial charge >= 0.3 is 0 Å². The molecule has 2 atom stereocenters. The lowest BCUT2D eigenvalue weighted by atomic mass is 9.99. The number of rotatable bonds is 13. The molecule has 4 heterocycles. The molecule has 1 amide bonds. The van der Waals surface area contributed by atoms with Crippen LogP contribution in [0.15, 0.2) is 67.0 Å². The van der Waals surface area contributed by atoms with Crippen molar-refractivity contribution >= 4 is 40.0 Å². The summed E-state index contributed by atoms with van der Waals surface area (Å²) in [4.78, 5) is 21.0. The van der Waals surface area contributed by atoms with Crippen LogP contribution < -0.4 is 20.7 Å². The minimum atomic E-state index is 0.105. The van der Waals surface area contributed by atoms with Crippen molar-refractivity contribution in [2.24, 2.45) is 7.05 Å². The highest BCUT2D eigenvalue weighted by atomic mass is 35.5. The van der Waals surface area contributed by atoms with Gasteiger partial charge in [0.15, 0.2) is 0 Å². The Bertz CT molecular complexity index is 1940. The molecule has 2 aromatic carbocycles. The first-order valence-electron chi connectivity index (χ1n) is 16.1. The summed E-state index contributed by atoms with van der Waals surface area (Å²) in [7, 11) is 5.38. The predicted molar refractivity (Wildman–Crippen MR) is 192 cm³/mol. The predicted octanol–water partition coefficient (Wildman–Crippen LogP) is 6.78. The van der Waals surface area contributed by atoms with Crippen molar-refractivity contribution in [3.8, 4) is 39.5 Å². The first kappa shape index (κ1) is 33.9. The Hall–Kier alpha value is -3.99. The highest BCUT2D eigenvalue weighted by Gasteiger charge is 2.21. The zero-order valence-corrected chi connectivity index (χ0v) is 29.1. The van der Waals surface area contributed by atoms with Crippen LogP contribution in [0.4, 0.5) is 0 Å². The van der Waals surface area contributed by atoms with E-state index in [1.165, 1.54) is 10.9 Å². The van der Waals surface area contributed by atoms with E-state index in [1.807, 2.05) is 50.4 Å². The Kier molecular flexibility index (Phi) is 10.6. The van der Waals surface area contributed by atoms with Crippen molar-refractivity contribution in [1.82, 2.24) is 30.5 Å². The summed E-state index contributed by atoms with van der Waals surface area (Å²) in [5, 5.41) is 12.1. The van der Waals surface area contributed by atoms with E-state index < -0.39 is 0 Å². The number of carbonyl (C=O) groups excluding carboxylic acids is 1. The topological polar surface area (TPSA) is 102 Å². The molecular formula is C37H40Cl2N6O3. The maximum Gasteiger partial charge on any atom is 0.220 e. The maximum atomic E-state index is 11.5. The van der Waals surface area contributed by atoms with Crippen LogP contribution in [0.1, 0.15) is 30.9 Å². The number of methoxy groups -OCH3 is 2. The molecule has 0 bridgehead atoms. The van der Waals surface area contributed by atoms with Crippen molar-refractivity contribution in [3.63, 3.8) is 0 Å². The summed E-state index contributed by atoms with van der Waals surface area (Å²) in [6.07, 6.45) is 5.48. The van der Waals surface area contributed by atoms with Gasteiger partial charge in [-0.3, -0.25) is 9.78 Å². The number of benzene rings is 2.